The van der Waals surface area contributed by atoms with E-state index in [1.54, 1.807) is 46.1 Å². The smallest absolute Gasteiger partial charge is 0.326 e. The van der Waals surface area contributed by atoms with Gasteiger partial charge in [-0.05, 0) is 57.2 Å². The zero-order valence-electron chi connectivity index (χ0n) is 14.9. The van der Waals surface area contributed by atoms with Crippen molar-refractivity contribution < 1.29 is 14.3 Å². The zero-order valence-corrected chi connectivity index (χ0v) is 15.7. The fourth-order valence-electron chi connectivity index (χ4n) is 2.05. The Bertz CT molecular complexity index is 725. The van der Waals surface area contributed by atoms with Crippen LogP contribution in [-0.4, -0.2) is 41.0 Å². The van der Waals surface area contributed by atoms with E-state index in [9.17, 15) is 9.59 Å². The van der Waals surface area contributed by atoms with Gasteiger partial charge in [-0.15, -0.1) is 0 Å². The van der Waals surface area contributed by atoms with E-state index in [1.165, 1.54) is 16.7 Å². The van der Waals surface area contributed by atoms with E-state index in [4.69, 9.17) is 4.74 Å². The summed E-state index contributed by atoms with van der Waals surface area (Å²) < 4.78 is 5.24. The van der Waals surface area contributed by atoms with Crippen LogP contribution in [-0.2, 0) is 9.53 Å². The van der Waals surface area contributed by atoms with E-state index in [0.717, 1.165) is 9.92 Å². The SMILES string of the molecule is CN(CC(=O)OC(C)(C)C)C(=O)c1ccc(Sc2ccccn2)cc1. The van der Waals surface area contributed by atoms with E-state index < -0.39 is 11.6 Å². The van der Waals surface area contributed by atoms with Crippen molar-refractivity contribution in [1.29, 1.82) is 0 Å². The molecule has 1 aromatic heterocycles. The first-order chi connectivity index (χ1) is 11.7. The van der Waals surface area contributed by atoms with Crippen LogP contribution in [0.2, 0.25) is 0 Å². The number of esters is 1. The minimum atomic E-state index is -0.564. The topological polar surface area (TPSA) is 59.5 Å². The van der Waals surface area contributed by atoms with Crippen LogP contribution in [0.3, 0.4) is 0 Å². The molecule has 1 aromatic carbocycles. The molecule has 1 heterocycles. The van der Waals surface area contributed by atoms with Gasteiger partial charge in [0.25, 0.3) is 5.91 Å². The number of carbonyl (C=O) groups is 2. The van der Waals surface area contributed by atoms with E-state index in [0.29, 0.717) is 5.56 Å². The highest BCUT2D eigenvalue weighted by molar-refractivity contribution is 7.99. The number of rotatable bonds is 5. The molecule has 6 heteroatoms. The Morgan fingerprint density at radius 3 is 2.36 bits per heavy atom. The minimum Gasteiger partial charge on any atom is -0.459 e. The summed E-state index contributed by atoms with van der Waals surface area (Å²) in [6, 6.07) is 13.0. The van der Waals surface area contributed by atoms with Crippen LogP contribution in [0.15, 0.2) is 58.6 Å². The number of hydrogen-bond acceptors (Lipinski definition) is 5. The highest BCUT2D eigenvalue weighted by Gasteiger charge is 2.20. The Kier molecular flexibility index (Phi) is 6.20. The van der Waals surface area contributed by atoms with Crippen molar-refractivity contribution in [3.63, 3.8) is 0 Å². The number of pyridine rings is 1. The van der Waals surface area contributed by atoms with Gasteiger partial charge < -0.3 is 9.64 Å². The second-order valence-corrected chi connectivity index (χ2v) is 7.64. The number of nitrogens with zero attached hydrogens (tertiary/aromatic N) is 2. The van der Waals surface area contributed by atoms with Crippen molar-refractivity contribution in [2.45, 2.75) is 36.3 Å². The summed E-state index contributed by atoms with van der Waals surface area (Å²) >= 11 is 1.52. The van der Waals surface area contributed by atoms with Crippen molar-refractivity contribution in [3.8, 4) is 0 Å². The second-order valence-electron chi connectivity index (χ2n) is 6.54. The van der Waals surface area contributed by atoms with Crippen LogP contribution >= 0.6 is 11.8 Å². The average molecular weight is 358 g/mol. The Hall–Kier alpha value is -2.34. The maximum absolute atomic E-state index is 12.4. The van der Waals surface area contributed by atoms with Gasteiger partial charge in [-0.3, -0.25) is 9.59 Å². The average Bonchev–Trinajstić information content (AvgIpc) is 2.54. The van der Waals surface area contributed by atoms with Crippen molar-refractivity contribution in [2.24, 2.45) is 0 Å². The first-order valence-corrected chi connectivity index (χ1v) is 8.72. The highest BCUT2D eigenvalue weighted by atomic mass is 32.2. The maximum atomic E-state index is 12.4. The van der Waals surface area contributed by atoms with Gasteiger partial charge in [-0.1, -0.05) is 17.8 Å². The number of benzene rings is 1. The molecule has 132 valence electrons. The first-order valence-electron chi connectivity index (χ1n) is 7.91. The Labute approximate surface area is 152 Å². The summed E-state index contributed by atoms with van der Waals surface area (Å²) in [7, 11) is 1.59. The molecule has 0 N–H and O–H groups in total. The molecule has 5 nitrogen and oxygen atoms in total. The van der Waals surface area contributed by atoms with Crippen LogP contribution in [0.25, 0.3) is 0 Å². The molecule has 0 aliphatic carbocycles. The minimum absolute atomic E-state index is 0.0828. The van der Waals surface area contributed by atoms with E-state index >= 15 is 0 Å². The van der Waals surface area contributed by atoms with Gasteiger partial charge >= 0.3 is 5.97 Å². The molecule has 0 saturated heterocycles. The number of likely N-dealkylation sites (N-methyl/N-ethyl adjacent to an activating group) is 1. The van der Waals surface area contributed by atoms with Crippen molar-refractivity contribution >= 4 is 23.6 Å². The summed E-state index contributed by atoms with van der Waals surface area (Å²) in [6.45, 7) is 5.31. The summed E-state index contributed by atoms with van der Waals surface area (Å²) in [6.07, 6.45) is 1.74. The highest BCUT2D eigenvalue weighted by Crippen LogP contribution is 2.25. The molecule has 2 rings (SSSR count). The summed E-state index contributed by atoms with van der Waals surface area (Å²) in [4.78, 5) is 30.9. The lowest BCUT2D eigenvalue weighted by Gasteiger charge is -2.22. The van der Waals surface area contributed by atoms with Gasteiger partial charge in [0.2, 0.25) is 0 Å². The van der Waals surface area contributed by atoms with Crippen LogP contribution in [0.4, 0.5) is 0 Å². The molecule has 0 aliphatic rings. The lowest BCUT2D eigenvalue weighted by atomic mass is 10.2. The molecule has 0 atom stereocenters. The van der Waals surface area contributed by atoms with Gasteiger partial charge in [-0.25, -0.2) is 4.98 Å². The molecule has 0 unspecified atom stereocenters. The third kappa shape index (κ3) is 6.23. The standard InChI is InChI=1S/C19H22N2O3S/c1-19(2,3)24-17(22)13-21(4)18(23)14-8-10-15(11-9-14)25-16-7-5-6-12-20-16/h5-12H,13H2,1-4H3. The van der Waals surface area contributed by atoms with E-state index in [-0.39, 0.29) is 12.5 Å². The molecule has 25 heavy (non-hydrogen) atoms. The molecule has 0 spiro atoms. The van der Waals surface area contributed by atoms with E-state index in [2.05, 4.69) is 4.98 Å². The lowest BCUT2D eigenvalue weighted by molar-refractivity contribution is -0.155. The largest absolute Gasteiger partial charge is 0.459 e. The van der Waals surface area contributed by atoms with E-state index in [1.807, 2.05) is 30.3 Å². The van der Waals surface area contributed by atoms with Crippen LogP contribution in [0, 0.1) is 0 Å². The number of carbonyl (C=O) groups excluding carboxylic acids is 2. The van der Waals surface area contributed by atoms with Gasteiger partial charge in [0.05, 0.1) is 0 Å². The fourth-order valence-corrected chi connectivity index (χ4v) is 2.83. The van der Waals surface area contributed by atoms with Gasteiger partial charge in [0, 0.05) is 23.7 Å². The molecule has 2 aromatic rings. The molecular formula is C19H22N2O3S. The number of ether oxygens (including phenoxy) is 1. The third-order valence-corrected chi connectivity index (χ3v) is 4.05. The van der Waals surface area contributed by atoms with Gasteiger partial charge in [-0.2, -0.15) is 0 Å². The predicted molar refractivity (Wildman–Crippen MR) is 97.6 cm³/mol. The number of amides is 1. The van der Waals surface area contributed by atoms with Gasteiger partial charge in [0.1, 0.15) is 17.2 Å². The summed E-state index contributed by atoms with van der Waals surface area (Å²) in [5.74, 6) is -0.647. The number of hydrogen-bond donors (Lipinski definition) is 0. The quantitative estimate of drug-likeness (QED) is 0.764. The molecule has 0 aliphatic heterocycles. The van der Waals surface area contributed by atoms with Crippen molar-refractivity contribution in [3.05, 3.63) is 54.2 Å². The van der Waals surface area contributed by atoms with Crippen LogP contribution < -0.4 is 0 Å². The Balaban J connectivity index is 1.96. The summed E-state index contributed by atoms with van der Waals surface area (Å²) in [5.41, 5.74) is -0.0397. The molecular weight excluding hydrogens is 336 g/mol. The Morgan fingerprint density at radius 1 is 1.12 bits per heavy atom. The summed E-state index contributed by atoms with van der Waals surface area (Å²) in [5, 5.41) is 0.892. The monoisotopic (exact) mass is 358 g/mol. The normalized spacial score (nSPS) is 11.0. The lowest BCUT2D eigenvalue weighted by Crippen LogP contribution is -2.36. The molecule has 1 amide bonds. The zero-order chi connectivity index (χ0) is 18.4. The van der Waals surface area contributed by atoms with Crippen molar-refractivity contribution in [2.75, 3.05) is 13.6 Å². The Morgan fingerprint density at radius 2 is 1.80 bits per heavy atom. The maximum Gasteiger partial charge on any atom is 0.326 e. The van der Waals surface area contributed by atoms with Crippen molar-refractivity contribution in [1.82, 2.24) is 9.88 Å². The van der Waals surface area contributed by atoms with Crippen LogP contribution in [0.5, 0.6) is 0 Å². The predicted octanol–water partition coefficient (Wildman–Crippen LogP) is 3.65. The van der Waals surface area contributed by atoms with Gasteiger partial charge in [0.15, 0.2) is 0 Å². The molecule has 0 saturated carbocycles. The molecule has 0 radical (unpaired) electrons. The second kappa shape index (κ2) is 8.16. The van der Waals surface area contributed by atoms with Crippen LogP contribution in [0.1, 0.15) is 31.1 Å². The molecule has 0 bridgehead atoms. The molecule has 0 fully saturated rings. The third-order valence-electron chi connectivity index (χ3n) is 3.09. The number of aromatic nitrogens is 1. The fraction of sp³-hybridized carbons (Fsp3) is 0.316. The first kappa shape index (κ1) is 19.0.